The van der Waals surface area contributed by atoms with E-state index in [-0.39, 0.29) is 18.1 Å². The Balaban J connectivity index is 1.33. The summed E-state index contributed by atoms with van der Waals surface area (Å²) in [6.07, 6.45) is 3.53. The van der Waals surface area contributed by atoms with E-state index in [4.69, 9.17) is 9.47 Å². The number of carbonyl (C=O) groups is 1. The zero-order valence-electron chi connectivity index (χ0n) is 22.0. The molecule has 5 nitrogen and oxygen atoms in total. The van der Waals surface area contributed by atoms with E-state index in [1.807, 2.05) is 42.6 Å². The van der Waals surface area contributed by atoms with Crippen LogP contribution in [0, 0.1) is 0 Å². The Bertz CT molecular complexity index is 1650. The van der Waals surface area contributed by atoms with E-state index >= 15 is 0 Å². The summed E-state index contributed by atoms with van der Waals surface area (Å²) in [4.78, 5) is 24.3. The predicted molar refractivity (Wildman–Crippen MR) is 156 cm³/mol. The monoisotopic (exact) mass is 517 g/mol. The number of nitrogens with zero attached hydrogens (tertiary/aromatic N) is 1. The minimum atomic E-state index is -0.385. The van der Waals surface area contributed by atoms with Crippen molar-refractivity contribution >= 4 is 16.7 Å². The number of pyridine rings is 1. The lowest BCUT2D eigenvalue weighted by Gasteiger charge is -2.14. The number of rotatable bonds is 10. The van der Waals surface area contributed by atoms with Crippen molar-refractivity contribution in [3.8, 4) is 28.0 Å². The maximum absolute atomic E-state index is 12.7. The van der Waals surface area contributed by atoms with Crippen LogP contribution in [-0.2, 0) is 22.5 Å². The molecule has 0 spiro atoms. The summed E-state index contributed by atoms with van der Waals surface area (Å²) in [5.41, 5.74) is 5.47. The van der Waals surface area contributed by atoms with Gasteiger partial charge in [0, 0.05) is 18.8 Å². The van der Waals surface area contributed by atoms with Gasteiger partial charge in [-0.05, 0) is 76.6 Å². The number of hydrogen-bond acceptors (Lipinski definition) is 4. The van der Waals surface area contributed by atoms with Gasteiger partial charge in [0.2, 0.25) is 0 Å². The van der Waals surface area contributed by atoms with Crippen LogP contribution in [0.4, 0.5) is 0 Å². The maximum atomic E-state index is 12.7. The summed E-state index contributed by atoms with van der Waals surface area (Å²) in [5.74, 6) is 0.244. The summed E-state index contributed by atoms with van der Waals surface area (Å²) in [6.45, 7) is 2.58. The highest BCUT2D eigenvalue weighted by Gasteiger charge is 2.11. The van der Waals surface area contributed by atoms with E-state index in [2.05, 4.69) is 60.7 Å². The maximum Gasteiger partial charge on any atom is 0.344 e. The van der Waals surface area contributed by atoms with Gasteiger partial charge in [0.15, 0.2) is 6.61 Å². The molecule has 1 heterocycles. The van der Waals surface area contributed by atoms with Crippen molar-refractivity contribution in [3.05, 3.63) is 125 Å². The van der Waals surface area contributed by atoms with E-state index in [0.29, 0.717) is 18.9 Å². The fourth-order valence-electron chi connectivity index (χ4n) is 4.88. The molecule has 4 aromatic carbocycles. The number of aryl methyl sites for hydroxylation is 2. The number of benzene rings is 4. The van der Waals surface area contributed by atoms with Crippen molar-refractivity contribution in [1.82, 2.24) is 4.57 Å². The van der Waals surface area contributed by atoms with Gasteiger partial charge < -0.3 is 14.0 Å². The third-order valence-electron chi connectivity index (χ3n) is 6.73. The quantitative estimate of drug-likeness (QED) is 0.189. The first-order chi connectivity index (χ1) is 19.1. The van der Waals surface area contributed by atoms with Gasteiger partial charge in [-0.15, -0.1) is 0 Å². The first-order valence-electron chi connectivity index (χ1n) is 13.3. The Kier molecular flexibility index (Phi) is 8.18. The van der Waals surface area contributed by atoms with Crippen molar-refractivity contribution in [2.45, 2.75) is 26.3 Å². The molecule has 1 aromatic heterocycles. The number of carbonyl (C=O) groups excluding carboxylic acids is 1. The topological polar surface area (TPSA) is 57.5 Å². The van der Waals surface area contributed by atoms with Crippen LogP contribution in [0.25, 0.3) is 33.0 Å². The average Bonchev–Trinajstić information content (AvgIpc) is 2.97. The largest absolute Gasteiger partial charge is 0.482 e. The Morgan fingerprint density at radius 2 is 1.54 bits per heavy atom. The molecule has 0 bridgehead atoms. The van der Waals surface area contributed by atoms with Gasteiger partial charge in [-0.1, -0.05) is 78.9 Å². The normalized spacial score (nSPS) is 10.9. The van der Waals surface area contributed by atoms with Gasteiger partial charge in [0.1, 0.15) is 5.75 Å². The van der Waals surface area contributed by atoms with Gasteiger partial charge in [0.05, 0.1) is 6.61 Å². The molecule has 0 atom stereocenters. The molecule has 0 aliphatic carbocycles. The van der Waals surface area contributed by atoms with Crippen LogP contribution in [-0.4, -0.2) is 23.8 Å². The fourth-order valence-corrected chi connectivity index (χ4v) is 4.88. The summed E-state index contributed by atoms with van der Waals surface area (Å²) < 4.78 is 12.3. The molecule has 0 N–H and O–H groups in total. The van der Waals surface area contributed by atoms with Crippen molar-refractivity contribution in [3.63, 3.8) is 0 Å². The Labute approximate surface area is 228 Å². The highest BCUT2D eigenvalue weighted by atomic mass is 16.6. The molecule has 5 rings (SSSR count). The second kappa shape index (κ2) is 12.3. The van der Waals surface area contributed by atoms with Gasteiger partial charge in [-0.3, -0.25) is 4.79 Å². The van der Waals surface area contributed by atoms with Gasteiger partial charge in [-0.25, -0.2) is 4.79 Å². The van der Waals surface area contributed by atoms with Crippen LogP contribution in [0.1, 0.15) is 18.9 Å². The van der Waals surface area contributed by atoms with Crippen LogP contribution in [0.15, 0.2) is 114 Å². The molecule has 5 aromatic rings. The third kappa shape index (κ3) is 6.27. The second-order valence-corrected chi connectivity index (χ2v) is 9.37. The SMILES string of the molecule is CCOC(=O)COc1cccc(CCCn2cc(-c3ccccc3-c3cccc4ccccc34)ccc2=O)c1. The van der Waals surface area contributed by atoms with E-state index in [9.17, 15) is 9.59 Å². The highest BCUT2D eigenvalue weighted by Crippen LogP contribution is 2.35. The molecule has 196 valence electrons. The van der Waals surface area contributed by atoms with Crippen LogP contribution in [0.3, 0.4) is 0 Å². The highest BCUT2D eigenvalue weighted by molar-refractivity contribution is 6.00. The number of ether oxygens (including phenoxy) is 2. The van der Waals surface area contributed by atoms with Crippen molar-refractivity contribution in [2.75, 3.05) is 13.2 Å². The summed E-state index contributed by atoms with van der Waals surface area (Å²) in [5, 5.41) is 2.40. The Morgan fingerprint density at radius 3 is 2.41 bits per heavy atom. The molecule has 0 aliphatic rings. The van der Waals surface area contributed by atoms with Gasteiger partial charge in [-0.2, -0.15) is 0 Å². The smallest absolute Gasteiger partial charge is 0.344 e. The van der Waals surface area contributed by atoms with E-state index in [0.717, 1.165) is 35.1 Å². The zero-order valence-corrected chi connectivity index (χ0v) is 22.0. The number of hydrogen-bond donors (Lipinski definition) is 0. The van der Waals surface area contributed by atoms with E-state index < -0.39 is 0 Å². The van der Waals surface area contributed by atoms with Crippen LogP contribution in [0.2, 0.25) is 0 Å². The fraction of sp³-hybridized carbons (Fsp3) is 0.176. The minimum Gasteiger partial charge on any atom is -0.482 e. The van der Waals surface area contributed by atoms with E-state index in [1.165, 1.54) is 16.3 Å². The van der Waals surface area contributed by atoms with Crippen molar-refractivity contribution in [2.24, 2.45) is 0 Å². The lowest BCUT2D eigenvalue weighted by atomic mass is 9.92. The molecule has 0 fully saturated rings. The average molecular weight is 518 g/mol. The number of aromatic nitrogens is 1. The number of fused-ring (bicyclic) bond motifs is 1. The molecule has 39 heavy (non-hydrogen) atoms. The minimum absolute atomic E-state index is 0.0205. The van der Waals surface area contributed by atoms with Crippen molar-refractivity contribution in [1.29, 1.82) is 0 Å². The Hall–Kier alpha value is -4.64. The van der Waals surface area contributed by atoms with Gasteiger partial charge in [0.25, 0.3) is 5.56 Å². The molecule has 0 unspecified atom stereocenters. The second-order valence-electron chi connectivity index (χ2n) is 9.37. The van der Waals surface area contributed by atoms with Gasteiger partial charge >= 0.3 is 5.97 Å². The number of esters is 1. The molecule has 0 amide bonds. The molecular formula is C34H31NO4. The molecule has 5 heteroatoms. The molecule has 0 radical (unpaired) electrons. The molecule has 0 saturated heterocycles. The van der Waals surface area contributed by atoms with Crippen LogP contribution >= 0.6 is 0 Å². The standard InChI is InChI=1S/C34H31NO4/c1-2-38-34(37)24-39-28-14-7-10-25(22-28)11-9-21-35-23-27(19-20-33(35)36)30-16-5-6-17-31(30)32-18-8-13-26-12-3-4-15-29(26)32/h3-8,10,12-20,22-23H,2,9,11,21,24H2,1H3. The first kappa shape index (κ1) is 26.0. The van der Waals surface area contributed by atoms with Crippen molar-refractivity contribution < 1.29 is 14.3 Å². The Morgan fingerprint density at radius 1 is 0.795 bits per heavy atom. The van der Waals surface area contributed by atoms with Crippen LogP contribution < -0.4 is 10.3 Å². The third-order valence-corrected chi connectivity index (χ3v) is 6.73. The predicted octanol–water partition coefficient (Wildman–Crippen LogP) is 6.91. The zero-order chi connectivity index (χ0) is 27.0. The van der Waals surface area contributed by atoms with Crippen LogP contribution in [0.5, 0.6) is 5.75 Å². The van der Waals surface area contributed by atoms with E-state index in [1.54, 1.807) is 17.6 Å². The molecule has 0 saturated carbocycles. The molecule has 0 aliphatic heterocycles. The lowest BCUT2D eigenvalue weighted by Crippen LogP contribution is -2.19. The summed E-state index contributed by atoms with van der Waals surface area (Å²) in [7, 11) is 0. The summed E-state index contributed by atoms with van der Waals surface area (Å²) >= 11 is 0. The molecular weight excluding hydrogens is 486 g/mol. The lowest BCUT2D eigenvalue weighted by molar-refractivity contribution is -0.145. The summed E-state index contributed by atoms with van der Waals surface area (Å²) in [6, 6.07) is 34.4. The first-order valence-corrected chi connectivity index (χ1v) is 13.3.